The van der Waals surface area contributed by atoms with Gasteiger partial charge in [0.25, 0.3) is 0 Å². The summed E-state index contributed by atoms with van der Waals surface area (Å²) in [5.41, 5.74) is 2.31. The zero-order valence-electron chi connectivity index (χ0n) is 17.2. The van der Waals surface area contributed by atoms with Crippen LogP contribution in [0.25, 0.3) is 11.0 Å². The zero-order chi connectivity index (χ0) is 21.4. The Morgan fingerprint density at radius 3 is 2.81 bits per heavy atom. The van der Waals surface area contributed by atoms with Crippen molar-refractivity contribution in [2.75, 3.05) is 0 Å². The standard InChI is InChI=1S/C23H23N5O3/c1-28-20-17(13-25-28)7-16(12-24)21(27-20)31-19-10-23(11-19)8-18(9-23)26-22(29)30-14-15-5-3-2-4-6-15/h2-7,13,18-19H,8-11,14H2,1H3,(H,26,29). The first-order valence-electron chi connectivity index (χ1n) is 10.4. The molecule has 31 heavy (non-hydrogen) atoms. The van der Waals surface area contributed by atoms with Gasteiger partial charge in [-0.2, -0.15) is 15.3 Å². The fourth-order valence-corrected chi connectivity index (χ4v) is 4.73. The van der Waals surface area contributed by atoms with Crippen LogP contribution in [0.1, 0.15) is 36.8 Å². The lowest BCUT2D eigenvalue weighted by Crippen LogP contribution is -2.58. The average molecular weight is 417 g/mol. The Morgan fingerprint density at radius 2 is 2.06 bits per heavy atom. The number of aryl methyl sites for hydroxylation is 1. The van der Waals surface area contributed by atoms with E-state index in [0.717, 1.165) is 36.6 Å². The van der Waals surface area contributed by atoms with Crippen molar-refractivity contribution < 1.29 is 14.3 Å². The first-order chi connectivity index (χ1) is 15.0. The van der Waals surface area contributed by atoms with E-state index in [-0.39, 0.29) is 30.3 Å². The van der Waals surface area contributed by atoms with E-state index in [1.165, 1.54) is 0 Å². The van der Waals surface area contributed by atoms with Crippen molar-refractivity contribution in [2.24, 2.45) is 12.5 Å². The van der Waals surface area contributed by atoms with Crippen LogP contribution in [0.5, 0.6) is 5.88 Å². The number of fused-ring (bicyclic) bond motifs is 1. The molecule has 1 amide bonds. The third-order valence-electron chi connectivity index (χ3n) is 6.29. The van der Waals surface area contributed by atoms with Crippen LogP contribution in [-0.4, -0.2) is 33.0 Å². The van der Waals surface area contributed by atoms with Gasteiger partial charge in [0, 0.05) is 18.5 Å². The number of hydrogen-bond acceptors (Lipinski definition) is 6. The van der Waals surface area contributed by atoms with Gasteiger partial charge >= 0.3 is 6.09 Å². The second kappa shape index (κ2) is 7.58. The zero-order valence-corrected chi connectivity index (χ0v) is 17.2. The van der Waals surface area contributed by atoms with Crippen molar-refractivity contribution in [3.8, 4) is 11.9 Å². The fourth-order valence-electron chi connectivity index (χ4n) is 4.73. The van der Waals surface area contributed by atoms with Crippen molar-refractivity contribution in [3.05, 3.63) is 53.7 Å². The van der Waals surface area contributed by atoms with Crippen LogP contribution in [0.4, 0.5) is 4.79 Å². The third kappa shape index (κ3) is 3.79. The molecule has 2 saturated carbocycles. The molecule has 8 nitrogen and oxygen atoms in total. The minimum atomic E-state index is -0.372. The van der Waals surface area contributed by atoms with Gasteiger partial charge in [-0.15, -0.1) is 0 Å². The normalized spacial score (nSPS) is 24.1. The van der Waals surface area contributed by atoms with E-state index in [2.05, 4.69) is 21.5 Å². The molecule has 1 N–H and O–H groups in total. The largest absolute Gasteiger partial charge is 0.473 e. The number of alkyl carbamates (subject to hydrolysis) is 1. The van der Waals surface area contributed by atoms with Crippen molar-refractivity contribution in [2.45, 2.75) is 44.4 Å². The van der Waals surface area contributed by atoms with E-state index >= 15 is 0 Å². The highest BCUT2D eigenvalue weighted by atomic mass is 16.5. The number of carbonyl (C=O) groups excluding carboxylic acids is 1. The molecule has 0 radical (unpaired) electrons. The summed E-state index contributed by atoms with van der Waals surface area (Å²) in [5, 5.41) is 17.4. The molecule has 0 bridgehead atoms. The van der Waals surface area contributed by atoms with Gasteiger partial charge in [0.2, 0.25) is 5.88 Å². The highest BCUT2D eigenvalue weighted by Gasteiger charge is 2.54. The minimum Gasteiger partial charge on any atom is -0.473 e. The predicted molar refractivity (Wildman–Crippen MR) is 112 cm³/mol. The van der Waals surface area contributed by atoms with E-state index < -0.39 is 0 Å². The van der Waals surface area contributed by atoms with Crippen molar-refractivity contribution in [1.82, 2.24) is 20.1 Å². The van der Waals surface area contributed by atoms with Gasteiger partial charge < -0.3 is 14.8 Å². The van der Waals surface area contributed by atoms with Crippen molar-refractivity contribution in [3.63, 3.8) is 0 Å². The number of carbonyl (C=O) groups is 1. The maximum atomic E-state index is 12.0. The fraction of sp³-hybridized carbons (Fsp3) is 0.391. The summed E-state index contributed by atoms with van der Waals surface area (Å²) in [6.07, 6.45) is 5.01. The SMILES string of the molecule is Cn1ncc2cc(C#N)c(OC3CC4(CC(NC(=O)OCc5ccccc5)C4)C3)nc21. The van der Waals surface area contributed by atoms with Crippen LogP contribution in [0.15, 0.2) is 42.6 Å². The molecule has 3 aromatic rings. The van der Waals surface area contributed by atoms with E-state index in [0.29, 0.717) is 17.1 Å². The Bertz CT molecular complexity index is 1150. The van der Waals surface area contributed by atoms with Gasteiger partial charge in [0.15, 0.2) is 5.65 Å². The van der Waals surface area contributed by atoms with Crippen LogP contribution in [0.3, 0.4) is 0 Å². The molecule has 0 unspecified atom stereocenters. The van der Waals surface area contributed by atoms with Gasteiger partial charge in [-0.05, 0) is 42.7 Å². The molecular formula is C23H23N5O3. The van der Waals surface area contributed by atoms with E-state index in [1.807, 2.05) is 37.4 Å². The number of benzene rings is 1. The molecule has 1 spiro atoms. The number of aromatic nitrogens is 3. The van der Waals surface area contributed by atoms with Gasteiger partial charge in [-0.1, -0.05) is 30.3 Å². The van der Waals surface area contributed by atoms with Gasteiger partial charge in [0.1, 0.15) is 24.3 Å². The maximum Gasteiger partial charge on any atom is 0.407 e. The summed E-state index contributed by atoms with van der Waals surface area (Å²) in [6, 6.07) is 13.7. The molecule has 2 aliphatic carbocycles. The summed E-state index contributed by atoms with van der Waals surface area (Å²) in [4.78, 5) is 16.5. The maximum absolute atomic E-state index is 12.0. The molecular weight excluding hydrogens is 394 g/mol. The van der Waals surface area contributed by atoms with Crippen LogP contribution in [-0.2, 0) is 18.4 Å². The first-order valence-corrected chi connectivity index (χ1v) is 10.4. The number of ether oxygens (including phenoxy) is 2. The van der Waals surface area contributed by atoms with Gasteiger partial charge in [-0.3, -0.25) is 4.68 Å². The summed E-state index contributed by atoms with van der Waals surface area (Å²) >= 11 is 0. The predicted octanol–water partition coefficient (Wildman–Crippen LogP) is 3.46. The number of hydrogen-bond donors (Lipinski definition) is 1. The minimum absolute atomic E-state index is 0.0382. The van der Waals surface area contributed by atoms with E-state index in [1.54, 1.807) is 16.9 Å². The molecule has 0 atom stereocenters. The summed E-state index contributed by atoms with van der Waals surface area (Å²) < 4.78 is 13.0. The highest BCUT2D eigenvalue weighted by molar-refractivity contribution is 5.77. The highest BCUT2D eigenvalue weighted by Crippen LogP contribution is 2.56. The number of pyridine rings is 1. The third-order valence-corrected chi connectivity index (χ3v) is 6.29. The van der Waals surface area contributed by atoms with Gasteiger partial charge in [-0.25, -0.2) is 4.79 Å². The summed E-state index contributed by atoms with van der Waals surface area (Å²) in [7, 11) is 1.82. The quantitative estimate of drug-likeness (QED) is 0.682. The van der Waals surface area contributed by atoms with Crippen molar-refractivity contribution >= 4 is 17.1 Å². The number of rotatable bonds is 5. The van der Waals surface area contributed by atoms with Crippen molar-refractivity contribution in [1.29, 1.82) is 5.26 Å². The van der Waals surface area contributed by atoms with Crippen LogP contribution < -0.4 is 10.1 Å². The molecule has 8 heteroatoms. The van der Waals surface area contributed by atoms with Crippen LogP contribution in [0, 0.1) is 16.7 Å². The molecule has 158 valence electrons. The molecule has 5 rings (SSSR count). The summed E-state index contributed by atoms with van der Waals surface area (Å²) in [5.74, 6) is 0.372. The van der Waals surface area contributed by atoms with Gasteiger partial charge in [0.05, 0.1) is 6.20 Å². The Hall–Kier alpha value is -3.60. The molecule has 2 aromatic heterocycles. The molecule has 0 saturated heterocycles. The molecule has 0 aliphatic heterocycles. The Kier molecular flexibility index (Phi) is 4.74. The number of amides is 1. The Balaban J connectivity index is 1.10. The number of nitrogens with one attached hydrogen (secondary N) is 1. The Morgan fingerprint density at radius 1 is 1.29 bits per heavy atom. The lowest BCUT2D eigenvalue weighted by molar-refractivity contribution is -0.0856. The molecule has 2 aliphatic rings. The lowest BCUT2D eigenvalue weighted by Gasteiger charge is -2.56. The molecule has 2 heterocycles. The smallest absolute Gasteiger partial charge is 0.407 e. The first kappa shape index (κ1) is 19.4. The van der Waals surface area contributed by atoms with E-state index in [9.17, 15) is 10.1 Å². The van der Waals surface area contributed by atoms with E-state index in [4.69, 9.17) is 9.47 Å². The molecule has 2 fully saturated rings. The van der Waals surface area contributed by atoms with Crippen LogP contribution in [0.2, 0.25) is 0 Å². The second-order valence-corrected chi connectivity index (χ2v) is 8.59. The second-order valence-electron chi connectivity index (χ2n) is 8.59. The Labute approximate surface area is 179 Å². The lowest BCUT2D eigenvalue weighted by atomic mass is 9.53. The number of nitriles is 1. The monoisotopic (exact) mass is 417 g/mol. The molecule has 1 aromatic carbocycles. The topological polar surface area (TPSA) is 102 Å². The summed E-state index contributed by atoms with van der Waals surface area (Å²) in [6.45, 7) is 0.273. The number of nitrogens with zero attached hydrogens (tertiary/aromatic N) is 4. The van der Waals surface area contributed by atoms with Crippen LogP contribution >= 0.6 is 0 Å². The average Bonchev–Trinajstić information content (AvgIpc) is 3.09.